The summed E-state index contributed by atoms with van der Waals surface area (Å²) in [7, 11) is 1.57. The van der Waals surface area contributed by atoms with Crippen LogP contribution in [0.3, 0.4) is 0 Å². The lowest BCUT2D eigenvalue weighted by molar-refractivity contribution is -0.0289. The number of nitrogens with two attached hydrogens (primary N) is 1. The van der Waals surface area contributed by atoms with E-state index in [4.69, 9.17) is 46.4 Å². The summed E-state index contributed by atoms with van der Waals surface area (Å²) in [5.74, 6) is -0.801. The normalized spacial score (nSPS) is 18.5. The van der Waals surface area contributed by atoms with Crippen molar-refractivity contribution < 1.29 is 38.0 Å². The predicted molar refractivity (Wildman–Crippen MR) is 190 cm³/mol. The van der Waals surface area contributed by atoms with Crippen molar-refractivity contribution in [3.8, 4) is 11.6 Å². The number of hydrogen-bond donors (Lipinski definition) is 1. The quantitative estimate of drug-likeness (QED) is 0.0933. The zero-order chi connectivity index (χ0) is 35.6. The van der Waals surface area contributed by atoms with Crippen molar-refractivity contribution in [2.75, 3.05) is 39.3 Å². The van der Waals surface area contributed by atoms with Crippen LogP contribution in [0.2, 0.25) is 0 Å². The number of carbonyl (C=O) groups is 2. The molecule has 0 saturated heterocycles. The van der Waals surface area contributed by atoms with Gasteiger partial charge in [-0.1, -0.05) is 54.6 Å². The molecule has 51 heavy (non-hydrogen) atoms. The molecule has 6 rings (SSSR count). The molecule has 1 saturated carbocycles. The van der Waals surface area contributed by atoms with Gasteiger partial charge >= 0.3 is 17.2 Å². The topological polar surface area (TPSA) is 159 Å². The van der Waals surface area contributed by atoms with Crippen molar-refractivity contribution in [2.24, 2.45) is 11.8 Å². The van der Waals surface area contributed by atoms with Gasteiger partial charge in [0, 0.05) is 31.2 Å². The smallest absolute Gasteiger partial charge is 0.358 e. The highest BCUT2D eigenvalue weighted by atomic mass is 32.1. The van der Waals surface area contributed by atoms with Crippen LogP contribution in [0.25, 0.3) is 11.2 Å². The highest BCUT2D eigenvalue weighted by Gasteiger charge is 2.42. The number of methoxy groups -OCH3 is 1. The molecule has 0 unspecified atom stereocenters. The maximum absolute atomic E-state index is 13.1. The number of ether oxygens (including phenoxy) is 6. The van der Waals surface area contributed by atoms with Crippen molar-refractivity contribution >= 4 is 46.5 Å². The Morgan fingerprint density at radius 2 is 1.41 bits per heavy atom. The summed E-state index contributed by atoms with van der Waals surface area (Å²) in [6.45, 7) is 0.651. The summed E-state index contributed by atoms with van der Waals surface area (Å²) in [5.41, 5.74) is 7.80. The third-order valence-corrected chi connectivity index (χ3v) is 8.71. The molecule has 4 atom stereocenters. The number of para-hydroxylation sites is 1. The number of carbonyl (C=O) groups excluding carboxylic acids is 2. The second kappa shape index (κ2) is 16.9. The van der Waals surface area contributed by atoms with Crippen LogP contribution in [-0.4, -0.2) is 76.3 Å². The van der Waals surface area contributed by atoms with Crippen LogP contribution in [0.1, 0.15) is 39.6 Å². The Kier molecular flexibility index (Phi) is 11.7. The minimum Gasteiger partial charge on any atom is -0.474 e. The zero-order valence-corrected chi connectivity index (χ0v) is 28.6. The number of aromatic nitrogens is 4. The van der Waals surface area contributed by atoms with Gasteiger partial charge in [-0.05, 0) is 49.2 Å². The van der Waals surface area contributed by atoms with E-state index < -0.39 is 24.1 Å². The summed E-state index contributed by atoms with van der Waals surface area (Å²) >= 11 is 5.57. The van der Waals surface area contributed by atoms with Gasteiger partial charge in [-0.25, -0.2) is 14.6 Å². The number of thiocarbonyl (C=S) groups is 1. The minimum absolute atomic E-state index is 0.00748. The Balaban J connectivity index is 1.31. The van der Waals surface area contributed by atoms with Crippen LogP contribution in [0.5, 0.6) is 11.6 Å². The molecule has 2 heterocycles. The summed E-state index contributed by atoms with van der Waals surface area (Å²) in [6, 6.07) is 26.1. The molecule has 2 N–H and O–H groups in total. The number of nitrogens with zero attached hydrogens (tertiary/aromatic N) is 4. The molecule has 14 heteroatoms. The highest BCUT2D eigenvalue weighted by molar-refractivity contribution is 7.79. The molecule has 1 aliphatic rings. The first-order valence-corrected chi connectivity index (χ1v) is 16.8. The summed E-state index contributed by atoms with van der Waals surface area (Å²) < 4.78 is 36.7. The number of imidazole rings is 1. The van der Waals surface area contributed by atoms with E-state index in [1.807, 2.05) is 34.9 Å². The van der Waals surface area contributed by atoms with Crippen LogP contribution >= 0.6 is 12.2 Å². The molecule has 1 fully saturated rings. The molecule has 264 valence electrons. The van der Waals surface area contributed by atoms with Crippen molar-refractivity contribution in [1.29, 1.82) is 0 Å². The van der Waals surface area contributed by atoms with E-state index in [9.17, 15) is 9.59 Å². The maximum Gasteiger partial charge on any atom is 0.358 e. The lowest BCUT2D eigenvalue weighted by Crippen LogP contribution is -2.43. The molecule has 0 amide bonds. The molecular weight excluding hydrogens is 675 g/mol. The lowest BCUT2D eigenvalue weighted by atomic mass is 9.75. The van der Waals surface area contributed by atoms with Gasteiger partial charge in [0.1, 0.15) is 18.5 Å². The molecule has 3 aromatic carbocycles. The fourth-order valence-corrected chi connectivity index (χ4v) is 6.23. The molecule has 2 aromatic heterocycles. The number of fused-ring (bicyclic) bond motifs is 1. The minimum atomic E-state index is -0.617. The van der Waals surface area contributed by atoms with Crippen LogP contribution in [-0.2, 0) is 18.9 Å². The number of benzene rings is 3. The van der Waals surface area contributed by atoms with E-state index in [1.54, 1.807) is 74.1 Å². The van der Waals surface area contributed by atoms with Gasteiger partial charge < -0.3 is 38.7 Å². The van der Waals surface area contributed by atoms with E-state index in [1.165, 1.54) is 0 Å². The second-order valence-electron chi connectivity index (χ2n) is 11.9. The molecule has 0 aliphatic heterocycles. The van der Waals surface area contributed by atoms with E-state index in [2.05, 4.69) is 15.0 Å². The van der Waals surface area contributed by atoms with Crippen LogP contribution in [0.4, 0.5) is 5.95 Å². The maximum atomic E-state index is 13.1. The monoisotopic (exact) mass is 711 g/mol. The second-order valence-corrected chi connectivity index (χ2v) is 12.2. The first kappa shape index (κ1) is 35.2. The third kappa shape index (κ3) is 8.96. The van der Waals surface area contributed by atoms with Crippen molar-refractivity contribution in [1.82, 2.24) is 19.5 Å². The lowest BCUT2D eigenvalue weighted by Gasteiger charge is -2.41. The van der Waals surface area contributed by atoms with E-state index in [-0.39, 0.29) is 48.7 Å². The van der Waals surface area contributed by atoms with Gasteiger partial charge in [-0.15, -0.1) is 0 Å². The number of hydrogen-bond acceptors (Lipinski definition) is 13. The molecular formula is C37H37N5O8S. The summed E-state index contributed by atoms with van der Waals surface area (Å²) in [4.78, 5) is 39.4. The fourth-order valence-electron chi connectivity index (χ4n) is 6.01. The largest absolute Gasteiger partial charge is 0.474 e. The molecule has 5 aromatic rings. The van der Waals surface area contributed by atoms with E-state index >= 15 is 0 Å². The molecule has 0 spiro atoms. The van der Waals surface area contributed by atoms with Crippen LogP contribution in [0.15, 0.2) is 97.3 Å². The Bertz CT molecular complexity index is 1930. The highest BCUT2D eigenvalue weighted by Crippen LogP contribution is 2.41. The predicted octanol–water partition coefficient (Wildman–Crippen LogP) is 5.46. The van der Waals surface area contributed by atoms with Gasteiger partial charge in [0.15, 0.2) is 11.2 Å². The Hall–Kier alpha value is -5.60. The van der Waals surface area contributed by atoms with Crippen molar-refractivity contribution in [3.63, 3.8) is 0 Å². The Morgan fingerprint density at radius 3 is 2.02 bits per heavy atom. The molecule has 13 nitrogen and oxygen atoms in total. The summed E-state index contributed by atoms with van der Waals surface area (Å²) in [6.07, 6.45) is 1.74. The molecule has 1 aliphatic carbocycles. The first-order chi connectivity index (χ1) is 24.9. The average molecular weight is 712 g/mol. The van der Waals surface area contributed by atoms with Crippen LogP contribution in [0, 0.1) is 11.8 Å². The number of anilines is 1. The number of rotatable bonds is 13. The van der Waals surface area contributed by atoms with Crippen molar-refractivity contribution in [3.05, 3.63) is 108 Å². The first-order valence-electron chi connectivity index (χ1n) is 16.4. The number of esters is 2. The summed E-state index contributed by atoms with van der Waals surface area (Å²) in [5, 5.41) is -0.0904. The Morgan fingerprint density at radius 1 is 0.824 bits per heavy atom. The standard InChI is InChI=1S/C37H37N5O8S/c1-45-17-18-46-33-31-32(40-36(38)41-33)42(23-39-31)29-19-26(21-47-34(43)24-11-5-2-6-12-24)27(22-48-35(44)25-13-7-3-8-14-25)20-30(29)50-37(51)49-28-15-9-4-10-16-28/h2-16,23,26-27,29-30H,17-22H2,1H3,(H2,38,40,41)/t26-,27-,29-,30+/m1/s1. The Labute approximate surface area is 299 Å². The molecule has 0 bridgehead atoms. The fraction of sp³-hybridized carbons (Fsp3) is 0.297. The molecule has 0 radical (unpaired) electrons. The van der Waals surface area contributed by atoms with E-state index in [0.717, 1.165) is 0 Å². The van der Waals surface area contributed by atoms with Gasteiger partial charge in [0.2, 0.25) is 11.8 Å². The van der Waals surface area contributed by atoms with Gasteiger partial charge in [-0.2, -0.15) is 9.97 Å². The van der Waals surface area contributed by atoms with Gasteiger partial charge in [0.05, 0.1) is 43.3 Å². The third-order valence-electron chi connectivity index (χ3n) is 8.53. The van der Waals surface area contributed by atoms with Gasteiger partial charge in [-0.3, -0.25) is 0 Å². The SMILES string of the molecule is COCCOc1nc(N)nc2c1ncn2[C@@H]1C[C@H](COC(=O)c2ccccc2)[C@@H](COC(=O)c2ccccc2)C[C@@H]1OC(=S)Oc1ccccc1. The van der Waals surface area contributed by atoms with Crippen LogP contribution < -0.4 is 15.2 Å². The van der Waals surface area contributed by atoms with E-state index in [0.29, 0.717) is 47.5 Å². The zero-order valence-electron chi connectivity index (χ0n) is 27.8. The van der Waals surface area contributed by atoms with Crippen molar-refractivity contribution in [2.45, 2.75) is 25.0 Å². The van der Waals surface area contributed by atoms with Gasteiger partial charge in [0.25, 0.3) is 0 Å². The number of nitrogen functional groups attached to an aromatic ring is 1. The average Bonchev–Trinajstić information content (AvgIpc) is 3.58.